The molecular formula is C15H21ClN2S. The monoisotopic (exact) mass is 296 g/mol. The Morgan fingerprint density at radius 1 is 1.26 bits per heavy atom. The summed E-state index contributed by atoms with van der Waals surface area (Å²) in [5, 5.41) is 3.58. The zero-order valence-electron chi connectivity index (χ0n) is 11.4. The summed E-state index contributed by atoms with van der Waals surface area (Å²) in [4.78, 5) is 5.67. The van der Waals surface area contributed by atoms with Crippen molar-refractivity contribution >= 4 is 23.7 Å². The van der Waals surface area contributed by atoms with Crippen LogP contribution in [0.25, 0.3) is 0 Å². The molecular weight excluding hydrogens is 276 g/mol. The van der Waals surface area contributed by atoms with Crippen molar-refractivity contribution in [2.24, 2.45) is 0 Å². The van der Waals surface area contributed by atoms with Crippen molar-refractivity contribution in [2.75, 3.05) is 6.54 Å². The number of hydrogen-bond donors (Lipinski definition) is 1. The number of halogens is 1. The van der Waals surface area contributed by atoms with Gasteiger partial charge in [0.05, 0.1) is 11.2 Å². The maximum Gasteiger partial charge on any atom is 0.0797 e. The standard InChI is InChI=1S/C15H20N2S.ClH/c1-12(10-14-6-4-3-5-7-14)16-9-8-15-13(2)17-11-18-15;/h3-7,11-12,16H,8-10H2,1-2H3;1H. The first-order valence-electron chi connectivity index (χ1n) is 6.42. The highest BCUT2D eigenvalue weighted by Gasteiger charge is 2.04. The zero-order chi connectivity index (χ0) is 12.8. The predicted octanol–water partition coefficient (Wildman–Crippen LogP) is 3.64. The molecule has 0 aliphatic rings. The third-order valence-corrected chi connectivity index (χ3v) is 4.07. The van der Waals surface area contributed by atoms with Crippen LogP contribution in [0.15, 0.2) is 35.8 Å². The molecule has 2 nitrogen and oxygen atoms in total. The predicted molar refractivity (Wildman–Crippen MR) is 85.4 cm³/mol. The highest BCUT2D eigenvalue weighted by atomic mass is 35.5. The number of thiazole rings is 1. The van der Waals surface area contributed by atoms with E-state index in [4.69, 9.17) is 0 Å². The van der Waals surface area contributed by atoms with Gasteiger partial charge in [-0.25, -0.2) is 4.98 Å². The van der Waals surface area contributed by atoms with Crippen molar-refractivity contribution in [1.82, 2.24) is 10.3 Å². The molecule has 0 radical (unpaired) electrons. The largest absolute Gasteiger partial charge is 0.314 e. The average Bonchev–Trinajstić information content (AvgIpc) is 2.76. The van der Waals surface area contributed by atoms with E-state index < -0.39 is 0 Å². The Kier molecular flexibility index (Phi) is 7.06. The molecule has 1 unspecified atom stereocenters. The third kappa shape index (κ3) is 5.31. The lowest BCUT2D eigenvalue weighted by Crippen LogP contribution is -2.29. The van der Waals surface area contributed by atoms with Crippen molar-refractivity contribution in [3.05, 3.63) is 52.0 Å². The summed E-state index contributed by atoms with van der Waals surface area (Å²) in [6.45, 7) is 5.35. The van der Waals surface area contributed by atoms with Crippen molar-refractivity contribution in [1.29, 1.82) is 0 Å². The molecule has 1 aromatic heterocycles. The number of nitrogens with one attached hydrogen (secondary N) is 1. The Labute approximate surface area is 125 Å². The fourth-order valence-corrected chi connectivity index (χ4v) is 2.82. The molecule has 1 N–H and O–H groups in total. The van der Waals surface area contributed by atoms with Gasteiger partial charge in [-0.05, 0) is 32.3 Å². The van der Waals surface area contributed by atoms with Gasteiger partial charge in [0.15, 0.2) is 0 Å². The van der Waals surface area contributed by atoms with Crippen LogP contribution in [0, 0.1) is 6.92 Å². The zero-order valence-corrected chi connectivity index (χ0v) is 13.1. The number of nitrogens with zero attached hydrogens (tertiary/aromatic N) is 1. The first-order valence-corrected chi connectivity index (χ1v) is 7.30. The molecule has 1 heterocycles. The minimum absolute atomic E-state index is 0. The van der Waals surface area contributed by atoms with Gasteiger partial charge in [0.1, 0.15) is 0 Å². The molecule has 1 aromatic carbocycles. The number of aromatic nitrogens is 1. The van der Waals surface area contributed by atoms with E-state index in [2.05, 4.69) is 54.5 Å². The van der Waals surface area contributed by atoms with E-state index in [1.165, 1.54) is 16.1 Å². The van der Waals surface area contributed by atoms with Crippen LogP contribution in [0.3, 0.4) is 0 Å². The molecule has 2 aromatic rings. The summed E-state index contributed by atoms with van der Waals surface area (Å²) in [6.07, 6.45) is 2.16. The van der Waals surface area contributed by atoms with E-state index >= 15 is 0 Å². The van der Waals surface area contributed by atoms with Crippen molar-refractivity contribution in [3.8, 4) is 0 Å². The van der Waals surface area contributed by atoms with Crippen molar-refractivity contribution in [3.63, 3.8) is 0 Å². The van der Waals surface area contributed by atoms with E-state index in [0.717, 1.165) is 19.4 Å². The normalized spacial score (nSPS) is 11.9. The van der Waals surface area contributed by atoms with Gasteiger partial charge in [-0.3, -0.25) is 0 Å². The van der Waals surface area contributed by atoms with Gasteiger partial charge in [0.25, 0.3) is 0 Å². The summed E-state index contributed by atoms with van der Waals surface area (Å²) in [6, 6.07) is 11.2. The molecule has 1 atom stereocenters. The van der Waals surface area contributed by atoms with E-state index in [1.54, 1.807) is 11.3 Å². The average molecular weight is 297 g/mol. The maximum absolute atomic E-state index is 4.27. The number of aryl methyl sites for hydroxylation is 1. The van der Waals surface area contributed by atoms with Crippen LogP contribution in [0.1, 0.15) is 23.1 Å². The van der Waals surface area contributed by atoms with Crippen molar-refractivity contribution < 1.29 is 0 Å². The Balaban J connectivity index is 0.00000180. The Morgan fingerprint density at radius 3 is 2.63 bits per heavy atom. The number of hydrogen-bond acceptors (Lipinski definition) is 3. The number of rotatable bonds is 6. The highest BCUT2D eigenvalue weighted by Crippen LogP contribution is 2.12. The molecule has 0 bridgehead atoms. The minimum Gasteiger partial charge on any atom is -0.314 e. The lowest BCUT2D eigenvalue weighted by atomic mass is 10.1. The molecule has 19 heavy (non-hydrogen) atoms. The van der Waals surface area contributed by atoms with Gasteiger partial charge in [0, 0.05) is 17.5 Å². The Hall–Kier alpha value is -0.900. The fourth-order valence-electron chi connectivity index (χ4n) is 2.04. The lowest BCUT2D eigenvalue weighted by Gasteiger charge is -2.13. The molecule has 0 fully saturated rings. The van der Waals surface area contributed by atoms with Crippen LogP contribution in [-0.2, 0) is 12.8 Å². The van der Waals surface area contributed by atoms with E-state index in [0.29, 0.717) is 6.04 Å². The van der Waals surface area contributed by atoms with Gasteiger partial charge in [0.2, 0.25) is 0 Å². The number of benzene rings is 1. The van der Waals surface area contributed by atoms with Crippen LogP contribution in [-0.4, -0.2) is 17.6 Å². The summed E-state index contributed by atoms with van der Waals surface area (Å²) in [5.41, 5.74) is 4.50. The minimum atomic E-state index is 0. The van der Waals surface area contributed by atoms with Crippen LogP contribution < -0.4 is 5.32 Å². The highest BCUT2D eigenvalue weighted by molar-refractivity contribution is 7.09. The maximum atomic E-state index is 4.27. The second-order valence-electron chi connectivity index (χ2n) is 4.66. The quantitative estimate of drug-likeness (QED) is 0.880. The summed E-state index contributed by atoms with van der Waals surface area (Å²) < 4.78 is 0. The van der Waals surface area contributed by atoms with Crippen LogP contribution in [0.5, 0.6) is 0 Å². The van der Waals surface area contributed by atoms with Gasteiger partial charge < -0.3 is 5.32 Å². The first-order chi connectivity index (χ1) is 8.75. The smallest absolute Gasteiger partial charge is 0.0797 e. The Bertz CT molecular complexity index is 470. The molecule has 4 heteroatoms. The third-order valence-electron chi connectivity index (χ3n) is 3.07. The lowest BCUT2D eigenvalue weighted by molar-refractivity contribution is 0.549. The van der Waals surface area contributed by atoms with Gasteiger partial charge in [-0.15, -0.1) is 23.7 Å². The van der Waals surface area contributed by atoms with Crippen LogP contribution in [0.4, 0.5) is 0 Å². The molecule has 0 saturated heterocycles. The van der Waals surface area contributed by atoms with E-state index in [1.807, 2.05) is 5.51 Å². The summed E-state index contributed by atoms with van der Waals surface area (Å²) >= 11 is 1.75. The van der Waals surface area contributed by atoms with Crippen molar-refractivity contribution in [2.45, 2.75) is 32.7 Å². The topological polar surface area (TPSA) is 24.9 Å². The van der Waals surface area contributed by atoms with Crippen LogP contribution >= 0.6 is 23.7 Å². The van der Waals surface area contributed by atoms with E-state index in [-0.39, 0.29) is 12.4 Å². The SMILES string of the molecule is Cc1ncsc1CCNC(C)Cc1ccccc1.Cl. The molecule has 0 spiro atoms. The summed E-state index contributed by atoms with van der Waals surface area (Å²) in [7, 11) is 0. The molecule has 0 saturated carbocycles. The molecule has 2 rings (SSSR count). The second kappa shape index (κ2) is 8.31. The second-order valence-corrected chi connectivity index (χ2v) is 5.60. The molecule has 0 aliphatic carbocycles. The van der Waals surface area contributed by atoms with Gasteiger partial charge in [-0.2, -0.15) is 0 Å². The molecule has 104 valence electrons. The Morgan fingerprint density at radius 2 is 2.00 bits per heavy atom. The fraction of sp³-hybridized carbons (Fsp3) is 0.400. The first kappa shape index (κ1) is 16.2. The summed E-state index contributed by atoms with van der Waals surface area (Å²) in [5.74, 6) is 0. The van der Waals surface area contributed by atoms with Gasteiger partial charge >= 0.3 is 0 Å². The van der Waals surface area contributed by atoms with Crippen LogP contribution in [0.2, 0.25) is 0 Å². The molecule has 0 amide bonds. The van der Waals surface area contributed by atoms with E-state index in [9.17, 15) is 0 Å². The van der Waals surface area contributed by atoms with Gasteiger partial charge in [-0.1, -0.05) is 30.3 Å². The molecule has 0 aliphatic heterocycles.